The minimum Gasteiger partial charge on any atom is -0.465 e. The molecule has 146 valence electrons. The summed E-state index contributed by atoms with van der Waals surface area (Å²) >= 11 is 1.21. The van der Waals surface area contributed by atoms with Crippen LogP contribution in [0.4, 0.5) is 0 Å². The Kier molecular flexibility index (Phi) is 5.54. The van der Waals surface area contributed by atoms with Gasteiger partial charge in [-0.1, -0.05) is 11.8 Å². The highest BCUT2D eigenvalue weighted by Gasteiger charge is 2.28. The van der Waals surface area contributed by atoms with Crippen molar-refractivity contribution in [1.82, 2.24) is 4.98 Å². The molecule has 0 aliphatic heterocycles. The summed E-state index contributed by atoms with van der Waals surface area (Å²) in [7, 11) is 0. The van der Waals surface area contributed by atoms with Crippen molar-refractivity contribution in [2.24, 2.45) is 0 Å². The summed E-state index contributed by atoms with van der Waals surface area (Å²) in [5, 5.41) is 10.4. The smallest absolute Gasteiger partial charge is 0.316 e. The van der Waals surface area contributed by atoms with E-state index in [2.05, 4.69) is 6.07 Å². The number of rotatable bonds is 6. The van der Waals surface area contributed by atoms with Crippen molar-refractivity contribution in [2.75, 3.05) is 12.4 Å². The van der Waals surface area contributed by atoms with Crippen LogP contribution in [0.15, 0.2) is 50.7 Å². The number of thioether (sulfide) groups is 1. The molecule has 1 aliphatic carbocycles. The second kappa shape index (κ2) is 8.41. The lowest BCUT2D eigenvalue weighted by Crippen LogP contribution is -2.08. The van der Waals surface area contributed by atoms with E-state index in [9.17, 15) is 10.1 Å². The van der Waals surface area contributed by atoms with Gasteiger partial charge in [-0.2, -0.15) is 5.26 Å². The van der Waals surface area contributed by atoms with E-state index in [-0.39, 0.29) is 11.7 Å². The lowest BCUT2D eigenvalue weighted by atomic mass is 10.00. The topological polar surface area (TPSA) is 89.3 Å². The first-order valence-corrected chi connectivity index (χ1v) is 10.2. The number of furan rings is 2. The monoisotopic (exact) mass is 406 g/mol. The van der Waals surface area contributed by atoms with Gasteiger partial charge in [0.2, 0.25) is 0 Å². The van der Waals surface area contributed by atoms with E-state index >= 15 is 0 Å². The molecule has 3 aromatic heterocycles. The average Bonchev–Trinajstić information content (AvgIpc) is 3.48. The van der Waals surface area contributed by atoms with Crippen molar-refractivity contribution in [2.45, 2.75) is 24.8 Å². The number of aromatic nitrogens is 1. The molecule has 0 bridgehead atoms. The fourth-order valence-corrected chi connectivity index (χ4v) is 4.19. The average molecular weight is 406 g/mol. The maximum Gasteiger partial charge on any atom is 0.316 e. The molecule has 7 heteroatoms. The number of nitrogens with zero attached hydrogens (tertiary/aromatic N) is 2. The van der Waals surface area contributed by atoms with Crippen LogP contribution in [0.1, 0.15) is 35.9 Å². The van der Waals surface area contributed by atoms with Crippen molar-refractivity contribution in [3.63, 3.8) is 0 Å². The maximum atomic E-state index is 11.8. The number of nitriles is 1. The molecule has 3 aromatic rings. The Bertz CT molecular complexity index is 1090. The van der Waals surface area contributed by atoms with Crippen LogP contribution in [0, 0.1) is 11.3 Å². The first-order chi connectivity index (χ1) is 14.2. The second-order valence-electron chi connectivity index (χ2n) is 6.36. The quantitative estimate of drug-likeness (QED) is 0.423. The molecule has 0 saturated carbocycles. The van der Waals surface area contributed by atoms with E-state index in [1.165, 1.54) is 11.8 Å². The lowest BCUT2D eigenvalue weighted by molar-refractivity contribution is -0.139. The molecule has 0 aromatic carbocycles. The van der Waals surface area contributed by atoms with Crippen molar-refractivity contribution in [1.29, 1.82) is 5.26 Å². The van der Waals surface area contributed by atoms with Crippen molar-refractivity contribution in [3.8, 4) is 17.4 Å². The van der Waals surface area contributed by atoms with Gasteiger partial charge in [0.15, 0.2) is 0 Å². The fraction of sp³-hybridized carbons (Fsp3) is 0.227. The summed E-state index contributed by atoms with van der Waals surface area (Å²) in [4.78, 5) is 16.6. The normalized spacial score (nSPS) is 14.0. The molecule has 29 heavy (non-hydrogen) atoms. The van der Waals surface area contributed by atoms with Crippen LogP contribution < -0.4 is 0 Å². The predicted molar refractivity (Wildman–Crippen MR) is 109 cm³/mol. The van der Waals surface area contributed by atoms with Gasteiger partial charge in [0.05, 0.1) is 36.1 Å². The van der Waals surface area contributed by atoms with Crippen LogP contribution in [0.2, 0.25) is 0 Å². The number of ether oxygens (including phenoxy) is 1. The van der Waals surface area contributed by atoms with E-state index in [1.807, 2.05) is 24.3 Å². The molecule has 0 atom stereocenters. The number of fused-ring (bicyclic) bond motifs is 1. The van der Waals surface area contributed by atoms with Gasteiger partial charge < -0.3 is 13.6 Å². The fourth-order valence-electron chi connectivity index (χ4n) is 3.40. The third-order valence-corrected chi connectivity index (χ3v) is 5.53. The summed E-state index contributed by atoms with van der Waals surface area (Å²) in [6.45, 7) is 2.08. The highest BCUT2D eigenvalue weighted by atomic mass is 32.2. The van der Waals surface area contributed by atoms with Gasteiger partial charge >= 0.3 is 5.97 Å². The van der Waals surface area contributed by atoms with Crippen LogP contribution in [0.25, 0.3) is 23.0 Å². The van der Waals surface area contributed by atoms with Crippen molar-refractivity contribution < 1.29 is 18.4 Å². The van der Waals surface area contributed by atoms with Crippen LogP contribution >= 0.6 is 11.8 Å². The van der Waals surface area contributed by atoms with Crippen molar-refractivity contribution in [3.05, 3.63) is 59.4 Å². The zero-order chi connectivity index (χ0) is 20.2. The number of carbonyl (C=O) groups is 1. The number of allylic oxidation sites excluding steroid dienone is 1. The Hall–Kier alpha value is -3.24. The van der Waals surface area contributed by atoms with Crippen LogP contribution in [-0.4, -0.2) is 23.3 Å². The van der Waals surface area contributed by atoms with E-state index in [1.54, 1.807) is 25.5 Å². The van der Waals surface area contributed by atoms with Gasteiger partial charge in [0.1, 0.15) is 22.6 Å². The number of hydrogen-bond acceptors (Lipinski definition) is 7. The predicted octanol–water partition coefficient (Wildman–Crippen LogP) is 4.95. The molecule has 0 radical (unpaired) electrons. The summed E-state index contributed by atoms with van der Waals surface area (Å²) in [5.41, 5.74) is 4.00. The van der Waals surface area contributed by atoms with Gasteiger partial charge in [0, 0.05) is 5.56 Å². The largest absolute Gasteiger partial charge is 0.465 e. The Morgan fingerprint density at radius 1 is 1.31 bits per heavy atom. The molecule has 3 heterocycles. The Balaban J connectivity index is 1.83. The van der Waals surface area contributed by atoms with E-state index in [0.29, 0.717) is 23.0 Å². The molecule has 0 amide bonds. The Labute approximate surface area is 172 Å². The summed E-state index contributed by atoms with van der Waals surface area (Å²) in [6.07, 6.45) is 6.72. The van der Waals surface area contributed by atoms with Crippen LogP contribution in [-0.2, 0) is 16.0 Å². The van der Waals surface area contributed by atoms with Gasteiger partial charge in [0.25, 0.3) is 0 Å². The molecule has 1 aliphatic rings. The zero-order valence-electron chi connectivity index (χ0n) is 15.8. The highest BCUT2D eigenvalue weighted by molar-refractivity contribution is 7.99. The summed E-state index contributed by atoms with van der Waals surface area (Å²) in [5.74, 6) is 1.12. The SMILES string of the molecule is CCOC(=O)CSc1nc2c(c(-c3ccco3)c1C#N)CCC2=Cc1ccco1. The third kappa shape index (κ3) is 3.84. The molecule has 6 nitrogen and oxygen atoms in total. The van der Waals surface area contributed by atoms with Gasteiger partial charge in [-0.25, -0.2) is 4.98 Å². The molecule has 0 N–H and O–H groups in total. The first-order valence-electron chi connectivity index (χ1n) is 9.25. The zero-order valence-corrected chi connectivity index (χ0v) is 16.6. The number of carbonyl (C=O) groups excluding carboxylic acids is 1. The second-order valence-corrected chi connectivity index (χ2v) is 7.33. The number of hydrogen-bond donors (Lipinski definition) is 0. The van der Waals surface area contributed by atoms with Crippen molar-refractivity contribution >= 4 is 29.4 Å². The molecule has 0 fully saturated rings. The van der Waals surface area contributed by atoms with Crippen LogP contribution in [0.5, 0.6) is 0 Å². The van der Waals surface area contributed by atoms with Gasteiger partial charge in [-0.3, -0.25) is 4.79 Å². The molecular weight excluding hydrogens is 388 g/mol. The molecule has 4 rings (SSSR count). The Morgan fingerprint density at radius 2 is 2.14 bits per heavy atom. The van der Waals surface area contributed by atoms with Crippen LogP contribution in [0.3, 0.4) is 0 Å². The van der Waals surface area contributed by atoms with E-state index < -0.39 is 0 Å². The molecule has 0 spiro atoms. The highest BCUT2D eigenvalue weighted by Crippen LogP contribution is 2.43. The maximum absolute atomic E-state index is 11.8. The third-order valence-electron chi connectivity index (χ3n) is 4.58. The number of esters is 1. The minimum atomic E-state index is -0.338. The Morgan fingerprint density at radius 3 is 2.83 bits per heavy atom. The molecular formula is C22H18N2O4S. The summed E-state index contributed by atoms with van der Waals surface area (Å²) < 4.78 is 16.1. The first kappa shape index (κ1) is 19.1. The standard InChI is InChI=1S/C22H18N2O4S/c1-2-26-19(25)13-29-22-17(12-23)20(18-6-4-10-28-18)16-8-7-14(21(16)24-22)11-15-5-3-9-27-15/h3-6,9-11H,2,7-8,13H2,1H3. The van der Waals surface area contributed by atoms with Gasteiger partial charge in [-0.15, -0.1) is 0 Å². The molecule has 0 saturated heterocycles. The van der Waals surface area contributed by atoms with Gasteiger partial charge in [-0.05, 0) is 61.2 Å². The van der Waals surface area contributed by atoms with E-state index in [4.69, 9.17) is 18.6 Å². The van der Waals surface area contributed by atoms with E-state index in [0.717, 1.165) is 41.0 Å². The number of pyridine rings is 1. The lowest BCUT2D eigenvalue weighted by Gasteiger charge is -2.12. The summed E-state index contributed by atoms with van der Waals surface area (Å²) in [6, 6.07) is 9.62. The molecule has 0 unspecified atom stereocenters. The minimum absolute atomic E-state index is 0.0864.